The zero-order chi connectivity index (χ0) is 18.5. The fraction of sp³-hybridized carbons (Fsp3) is 0.857. The van der Waals surface area contributed by atoms with Crippen LogP contribution in [0.1, 0.15) is 20.3 Å². The summed E-state index contributed by atoms with van der Waals surface area (Å²) >= 11 is 0. The Labute approximate surface area is 139 Å². The first-order valence-corrected chi connectivity index (χ1v) is 7.54. The average Bonchev–Trinajstić information content (AvgIpc) is 2.53. The minimum atomic E-state index is -2.19. The molecule has 0 saturated carbocycles. The first kappa shape index (κ1) is 20.7. The van der Waals surface area contributed by atoms with Gasteiger partial charge in [0.1, 0.15) is 18.3 Å². The van der Waals surface area contributed by atoms with Crippen LogP contribution in [0.25, 0.3) is 0 Å². The van der Waals surface area contributed by atoms with Crippen LogP contribution in [0, 0.1) is 0 Å². The number of carboxylic acids is 1. The fourth-order valence-corrected chi connectivity index (χ4v) is 2.70. The zero-order valence-electron chi connectivity index (χ0n) is 13.8. The van der Waals surface area contributed by atoms with Gasteiger partial charge in [0.15, 0.2) is 0 Å². The number of methoxy groups -OCH3 is 1. The van der Waals surface area contributed by atoms with Crippen molar-refractivity contribution in [3.8, 4) is 0 Å². The summed E-state index contributed by atoms with van der Waals surface area (Å²) in [6.45, 7) is 2.47. The molecule has 1 rings (SSSR count). The van der Waals surface area contributed by atoms with Gasteiger partial charge in [-0.2, -0.15) is 0 Å². The van der Waals surface area contributed by atoms with Gasteiger partial charge in [-0.1, -0.05) is 0 Å². The predicted molar refractivity (Wildman–Crippen MR) is 79.0 cm³/mol. The zero-order valence-corrected chi connectivity index (χ0v) is 13.8. The summed E-state index contributed by atoms with van der Waals surface area (Å²) in [4.78, 5) is 22.9. The van der Waals surface area contributed by atoms with Crippen molar-refractivity contribution in [2.24, 2.45) is 0 Å². The van der Waals surface area contributed by atoms with Crippen molar-refractivity contribution in [3.63, 3.8) is 0 Å². The number of hydrogen-bond acceptors (Lipinski definition) is 8. The number of carboxylic acid groups (broad SMARTS) is 1. The number of carbonyl (C=O) groups is 2. The van der Waals surface area contributed by atoms with Gasteiger partial charge in [-0.05, 0) is 6.92 Å². The van der Waals surface area contributed by atoms with Crippen molar-refractivity contribution in [2.75, 3.05) is 20.3 Å². The Bertz CT molecular complexity index is 446. The molecule has 1 heterocycles. The Kier molecular flexibility index (Phi) is 7.52. The summed E-state index contributed by atoms with van der Waals surface area (Å²) in [5, 5.41) is 41.9. The SMILES string of the molecule is CCOC(CO)C(O)C1OC(OC)(C(=O)O)CC(O)C1NC(C)=O. The fourth-order valence-electron chi connectivity index (χ4n) is 2.70. The van der Waals surface area contributed by atoms with Crippen molar-refractivity contribution in [1.29, 1.82) is 0 Å². The van der Waals surface area contributed by atoms with E-state index in [-0.39, 0.29) is 6.61 Å². The van der Waals surface area contributed by atoms with Gasteiger partial charge in [0.25, 0.3) is 5.79 Å². The summed E-state index contributed by atoms with van der Waals surface area (Å²) in [5.41, 5.74) is 0. The second-order valence-corrected chi connectivity index (χ2v) is 5.51. The van der Waals surface area contributed by atoms with E-state index in [1.165, 1.54) is 6.92 Å². The summed E-state index contributed by atoms with van der Waals surface area (Å²) in [6.07, 6.45) is -5.80. The molecule has 1 aliphatic heterocycles. The Morgan fingerprint density at radius 1 is 1.46 bits per heavy atom. The molecule has 0 aromatic heterocycles. The van der Waals surface area contributed by atoms with Crippen LogP contribution in [0.4, 0.5) is 0 Å². The van der Waals surface area contributed by atoms with Crippen molar-refractivity contribution in [1.82, 2.24) is 5.32 Å². The van der Waals surface area contributed by atoms with Gasteiger partial charge in [0, 0.05) is 27.1 Å². The van der Waals surface area contributed by atoms with Gasteiger partial charge in [-0.25, -0.2) is 4.79 Å². The number of rotatable bonds is 8. The van der Waals surface area contributed by atoms with E-state index in [2.05, 4.69) is 5.32 Å². The molecule has 6 unspecified atom stereocenters. The molecule has 0 radical (unpaired) electrons. The van der Waals surface area contributed by atoms with Crippen molar-refractivity contribution >= 4 is 11.9 Å². The van der Waals surface area contributed by atoms with E-state index < -0.39 is 61.1 Å². The van der Waals surface area contributed by atoms with Crippen molar-refractivity contribution < 1.29 is 44.2 Å². The molecule has 10 heteroatoms. The van der Waals surface area contributed by atoms with Gasteiger partial charge in [0.05, 0.1) is 18.8 Å². The van der Waals surface area contributed by atoms with Gasteiger partial charge >= 0.3 is 5.97 Å². The van der Waals surface area contributed by atoms with E-state index in [0.717, 1.165) is 7.11 Å². The molecular formula is C14H25NO9. The number of ether oxygens (including phenoxy) is 3. The third-order valence-corrected chi connectivity index (χ3v) is 3.88. The lowest BCUT2D eigenvalue weighted by molar-refractivity contribution is -0.305. The molecule has 1 saturated heterocycles. The summed E-state index contributed by atoms with van der Waals surface area (Å²) in [6, 6.07) is -1.10. The third kappa shape index (κ3) is 4.41. The van der Waals surface area contributed by atoms with Crippen LogP contribution >= 0.6 is 0 Å². The summed E-state index contributed by atoms with van der Waals surface area (Å²) < 4.78 is 15.5. The van der Waals surface area contributed by atoms with Crippen molar-refractivity contribution in [3.05, 3.63) is 0 Å². The Morgan fingerprint density at radius 3 is 2.50 bits per heavy atom. The van der Waals surface area contributed by atoms with Crippen LogP contribution in [0.15, 0.2) is 0 Å². The topological polar surface area (TPSA) is 155 Å². The van der Waals surface area contributed by atoms with Crippen molar-refractivity contribution in [2.45, 2.75) is 56.5 Å². The number of carbonyl (C=O) groups excluding carboxylic acids is 1. The molecule has 5 N–H and O–H groups in total. The molecule has 0 aromatic rings. The lowest BCUT2D eigenvalue weighted by Crippen LogP contribution is -2.67. The first-order valence-electron chi connectivity index (χ1n) is 7.54. The molecule has 0 spiro atoms. The number of amides is 1. The van der Waals surface area contributed by atoms with Crippen LogP contribution in [0.3, 0.4) is 0 Å². The van der Waals surface area contributed by atoms with Gasteiger partial charge in [0.2, 0.25) is 5.91 Å². The normalized spacial score (nSPS) is 32.8. The quantitative estimate of drug-likeness (QED) is 0.328. The van der Waals surface area contributed by atoms with Crippen LogP contribution < -0.4 is 5.32 Å². The third-order valence-electron chi connectivity index (χ3n) is 3.88. The van der Waals surface area contributed by atoms with Crippen LogP contribution in [-0.2, 0) is 23.8 Å². The summed E-state index contributed by atoms with van der Waals surface area (Å²) in [7, 11) is 1.09. The molecule has 0 aliphatic carbocycles. The van der Waals surface area contributed by atoms with Crippen LogP contribution in [-0.4, -0.2) is 88.9 Å². The highest BCUT2D eigenvalue weighted by Crippen LogP contribution is 2.33. The largest absolute Gasteiger partial charge is 0.477 e. The Morgan fingerprint density at radius 2 is 2.08 bits per heavy atom. The van der Waals surface area contributed by atoms with Crippen LogP contribution in [0.2, 0.25) is 0 Å². The highest BCUT2D eigenvalue weighted by molar-refractivity contribution is 5.76. The smallest absolute Gasteiger partial charge is 0.364 e. The molecule has 0 bridgehead atoms. The highest BCUT2D eigenvalue weighted by atomic mass is 16.7. The molecule has 1 fully saturated rings. The summed E-state index contributed by atoms with van der Waals surface area (Å²) in [5.74, 6) is -4.18. The second-order valence-electron chi connectivity index (χ2n) is 5.51. The van der Waals surface area contributed by atoms with E-state index in [4.69, 9.17) is 14.2 Å². The maximum Gasteiger partial charge on any atom is 0.364 e. The van der Waals surface area contributed by atoms with Gasteiger partial charge in [-0.3, -0.25) is 4.79 Å². The van der Waals surface area contributed by atoms with Crippen LogP contribution in [0.5, 0.6) is 0 Å². The van der Waals surface area contributed by atoms with E-state index in [0.29, 0.717) is 0 Å². The lowest BCUT2D eigenvalue weighted by atomic mass is 9.88. The highest BCUT2D eigenvalue weighted by Gasteiger charge is 2.55. The second kappa shape index (κ2) is 8.70. The van der Waals surface area contributed by atoms with E-state index in [1.807, 2.05) is 0 Å². The minimum absolute atomic E-state index is 0.177. The number of aliphatic hydroxyl groups excluding tert-OH is 3. The van der Waals surface area contributed by atoms with Gasteiger partial charge < -0.3 is 40.0 Å². The van der Waals surface area contributed by atoms with E-state index in [9.17, 15) is 30.0 Å². The lowest BCUT2D eigenvalue weighted by Gasteiger charge is -2.46. The number of hydrogen-bond donors (Lipinski definition) is 5. The monoisotopic (exact) mass is 351 g/mol. The van der Waals surface area contributed by atoms with Gasteiger partial charge in [-0.15, -0.1) is 0 Å². The molecule has 6 atom stereocenters. The molecule has 24 heavy (non-hydrogen) atoms. The molecule has 1 amide bonds. The first-order chi connectivity index (χ1) is 11.2. The molecule has 1 aliphatic rings. The maximum absolute atomic E-state index is 11.5. The average molecular weight is 351 g/mol. The number of aliphatic carboxylic acids is 1. The number of aliphatic hydroxyl groups is 3. The Balaban J connectivity index is 3.17. The molecule has 140 valence electrons. The maximum atomic E-state index is 11.5. The van der Waals surface area contributed by atoms with E-state index >= 15 is 0 Å². The standard InChI is InChI=1S/C14H25NO9/c1-4-23-9(6-16)11(19)12-10(15-7(2)17)8(18)5-14(22-3,24-12)13(20)21/h8-12,16,18-19H,4-6H2,1-3H3,(H,15,17)(H,20,21). The predicted octanol–water partition coefficient (Wildman–Crippen LogP) is -2.17. The van der Waals surface area contributed by atoms with E-state index in [1.54, 1.807) is 6.92 Å². The minimum Gasteiger partial charge on any atom is -0.477 e. The molecular weight excluding hydrogens is 326 g/mol. The number of nitrogens with one attached hydrogen (secondary N) is 1. The Hall–Kier alpha value is -1.30. The molecule has 0 aromatic carbocycles. The molecule has 10 nitrogen and oxygen atoms in total.